The topological polar surface area (TPSA) is 29.5 Å². The maximum absolute atomic E-state index is 12.7. The summed E-state index contributed by atoms with van der Waals surface area (Å²) in [5.74, 6) is -0.217. The van der Waals surface area contributed by atoms with Crippen molar-refractivity contribution in [3.8, 4) is 5.75 Å². The zero-order valence-electron chi connectivity index (χ0n) is 9.83. The van der Waals surface area contributed by atoms with Crippen molar-refractivity contribution in [2.24, 2.45) is 0 Å². The Morgan fingerprint density at radius 1 is 1.17 bits per heavy atom. The highest BCUT2D eigenvalue weighted by Gasteiger charge is 2.36. The van der Waals surface area contributed by atoms with Crippen molar-refractivity contribution < 1.29 is 23.0 Å². The predicted molar refractivity (Wildman–Crippen MR) is 60.4 cm³/mol. The van der Waals surface area contributed by atoms with E-state index in [1.807, 2.05) is 0 Å². The van der Waals surface area contributed by atoms with Gasteiger partial charge in [0.1, 0.15) is 12.4 Å². The monoisotopic (exact) mass is 260 g/mol. The van der Waals surface area contributed by atoms with E-state index in [1.165, 1.54) is 18.2 Å². The molecule has 2 nitrogen and oxygen atoms in total. The average molecular weight is 260 g/mol. The third kappa shape index (κ3) is 2.96. The maximum atomic E-state index is 12.7. The minimum Gasteiger partial charge on any atom is -0.490 e. The van der Waals surface area contributed by atoms with Crippen LogP contribution < -0.4 is 4.74 Å². The van der Waals surface area contributed by atoms with Crippen molar-refractivity contribution in [2.75, 3.05) is 6.61 Å². The number of hydrogen-bond acceptors (Lipinski definition) is 2. The lowest BCUT2D eigenvalue weighted by molar-refractivity contribution is -0.139. The van der Waals surface area contributed by atoms with Gasteiger partial charge in [0.25, 0.3) is 0 Å². The first-order valence-corrected chi connectivity index (χ1v) is 5.92. The Balaban J connectivity index is 2.10. The van der Waals surface area contributed by atoms with Crippen molar-refractivity contribution >= 4 is 0 Å². The second kappa shape index (κ2) is 4.80. The van der Waals surface area contributed by atoms with Crippen LogP contribution in [0.15, 0.2) is 24.3 Å². The number of alkyl halides is 3. The molecule has 0 radical (unpaired) electrons. The first-order valence-electron chi connectivity index (χ1n) is 5.92. The minimum atomic E-state index is -4.44. The van der Waals surface area contributed by atoms with Gasteiger partial charge in [-0.15, -0.1) is 0 Å². The number of rotatable bonds is 3. The molecule has 1 fully saturated rings. The van der Waals surface area contributed by atoms with E-state index < -0.39 is 17.3 Å². The minimum absolute atomic E-state index is 0.0832. The van der Waals surface area contributed by atoms with E-state index in [0.717, 1.165) is 18.9 Å². The fraction of sp³-hybridized carbons (Fsp3) is 0.538. The molecular formula is C13H15F3O2. The highest BCUT2D eigenvalue weighted by Crippen LogP contribution is 2.37. The number of para-hydroxylation sites is 1. The van der Waals surface area contributed by atoms with Crippen LogP contribution in [0.3, 0.4) is 0 Å². The smallest absolute Gasteiger partial charge is 0.419 e. The molecule has 0 aliphatic heterocycles. The number of benzene rings is 1. The summed E-state index contributed by atoms with van der Waals surface area (Å²) in [7, 11) is 0. The van der Waals surface area contributed by atoms with Crippen molar-refractivity contribution in [3.05, 3.63) is 29.8 Å². The number of ether oxygens (including phenoxy) is 1. The van der Waals surface area contributed by atoms with Crippen molar-refractivity contribution in [1.82, 2.24) is 0 Å². The van der Waals surface area contributed by atoms with E-state index in [0.29, 0.717) is 12.8 Å². The molecule has 1 aromatic rings. The van der Waals surface area contributed by atoms with E-state index in [-0.39, 0.29) is 12.4 Å². The fourth-order valence-electron chi connectivity index (χ4n) is 2.22. The zero-order valence-corrected chi connectivity index (χ0v) is 9.83. The zero-order chi connectivity index (χ0) is 13.2. The second-order valence-electron chi connectivity index (χ2n) is 4.71. The number of aliphatic hydroxyl groups is 1. The van der Waals surface area contributed by atoms with E-state index in [9.17, 15) is 18.3 Å². The molecule has 18 heavy (non-hydrogen) atoms. The SMILES string of the molecule is OC1(COc2ccccc2C(F)(F)F)CCCC1. The molecule has 0 aromatic heterocycles. The van der Waals surface area contributed by atoms with Crippen LogP contribution in [0, 0.1) is 0 Å². The summed E-state index contributed by atoms with van der Waals surface area (Å²) in [6.45, 7) is -0.0832. The van der Waals surface area contributed by atoms with E-state index in [2.05, 4.69) is 0 Å². The van der Waals surface area contributed by atoms with Gasteiger partial charge in [-0.3, -0.25) is 0 Å². The molecule has 0 bridgehead atoms. The van der Waals surface area contributed by atoms with Gasteiger partial charge in [-0.1, -0.05) is 25.0 Å². The summed E-state index contributed by atoms with van der Waals surface area (Å²) < 4.78 is 43.3. The first kappa shape index (κ1) is 13.2. The first-order chi connectivity index (χ1) is 8.41. The lowest BCUT2D eigenvalue weighted by Crippen LogP contribution is -2.32. The van der Waals surface area contributed by atoms with Gasteiger partial charge in [0.05, 0.1) is 11.2 Å². The largest absolute Gasteiger partial charge is 0.490 e. The second-order valence-corrected chi connectivity index (χ2v) is 4.71. The highest BCUT2D eigenvalue weighted by atomic mass is 19.4. The molecule has 0 unspecified atom stereocenters. The Kier molecular flexibility index (Phi) is 3.52. The Morgan fingerprint density at radius 3 is 2.39 bits per heavy atom. The van der Waals surface area contributed by atoms with E-state index in [4.69, 9.17) is 4.74 Å². The van der Waals surface area contributed by atoms with Crippen LogP contribution in [0.2, 0.25) is 0 Å². The van der Waals surface area contributed by atoms with Crippen molar-refractivity contribution in [2.45, 2.75) is 37.5 Å². The Hall–Kier alpha value is -1.23. The molecule has 0 spiro atoms. The van der Waals surface area contributed by atoms with Gasteiger partial charge in [-0.2, -0.15) is 13.2 Å². The van der Waals surface area contributed by atoms with Gasteiger partial charge < -0.3 is 9.84 Å². The van der Waals surface area contributed by atoms with Crippen LogP contribution in [-0.4, -0.2) is 17.3 Å². The summed E-state index contributed by atoms with van der Waals surface area (Å²) in [6, 6.07) is 5.07. The van der Waals surface area contributed by atoms with Gasteiger partial charge >= 0.3 is 6.18 Å². The van der Waals surface area contributed by atoms with Crippen LogP contribution >= 0.6 is 0 Å². The van der Waals surface area contributed by atoms with Crippen LogP contribution in [-0.2, 0) is 6.18 Å². The van der Waals surface area contributed by atoms with Crippen LogP contribution in [0.1, 0.15) is 31.2 Å². The normalized spacial score (nSPS) is 18.9. The molecule has 0 saturated heterocycles. The van der Waals surface area contributed by atoms with Gasteiger partial charge in [0.15, 0.2) is 0 Å². The molecule has 100 valence electrons. The summed E-state index contributed by atoms with van der Waals surface area (Å²) >= 11 is 0. The van der Waals surface area contributed by atoms with Crippen LogP contribution in [0.5, 0.6) is 5.75 Å². The van der Waals surface area contributed by atoms with Gasteiger partial charge in [0.2, 0.25) is 0 Å². The molecule has 1 N–H and O–H groups in total. The van der Waals surface area contributed by atoms with E-state index >= 15 is 0 Å². The average Bonchev–Trinajstić information content (AvgIpc) is 2.73. The fourth-order valence-corrected chi connectivity index (χ4v) is 2.22. The Bertz CT molecular complexity index is 409. The Morgan fingerprint density at radius 2 is 1.78 bits per heavy atom. The summed E-state index contributed by atoms with van der Waals surface area (Å²) in [5.41, 5.74) is -1.77. The molecule has 1 aliphatic carbocycles. The lowest BCUT2D eigenvalue weighted by atomic mass is 10.0. The summed E-state index contributed by atoms with van der Waals surface area (Å²) in [5, 5.41) is 10.0. The molecular weight excluding hydrogens is 245 g/mol. The quantitative estimate of drug-likeness (QED) is 0.902. The van der Waals surface area contributed by atoms with Crippen molar-refractivity contribution in [3.63, 3.8) is 0 Å². The molecule has 2 rings (SSSR count). The third-order valence-corrected chi connectivity index (χ3v) is 3.22. The molecule has 1 saturated carbocycles. The molecule has 1 aromatic carbocycles. The standard InChI is InChI=1S/C13H15F3O2/c14-13(15,16)10-5-1-2-6-11(10)18-9-12(17)7-3-4-8-12/h1-2,5-6,17H,3-4,7-9H2. The van der Waals surface area contributed by atoms with Crippen LogP contribution in [0.25, 0.3) is 0 Å². The number of halogens is 3. The third-order valence-electron chi connectivity index (χ3n) is 3.22. The molecule has 5 heteroatoms. The maximum Gasteiger partial charge on any atom is 0.419 e. The Labute approximate surface area is 103 Å². The summed E-state index contributed by atoms with van der Waals surface area (Å²) in [4.78, 5) is 0. The molecule has 1 aliphatic rings. The summed E-state index contributed by atoms with van der Waals surface area (Å²) in [6.07, 6.45) is -1.49. The van der Waals surface area contributed by atoms with Gasteiger partial charge in [-0.25, -0.2) is 0 Å². The predicted octanol–water partition coefficient (Wildman–Crippen LogP) is 3.39. The van der Waals surface area contributed by atoms with E-state index in [1.54, 1.807) is 0 Å². The van der Waals surface area contributed by atoms with Crippen molar-refractivity contribution in [1.29, 1.82) is 0 Å². The van der Waals surface area contributed by atoms with Gasteiger partial charge in [-0.05, 0) is 25.0 Å². The molecule has 0 heterocycles. The highest BCUT2D eigenvalue weighted by molar-refractivity contribution is 5.35. The van der Waals surface area contributed by atoms with Crippen LogP contribution in [0.4, 0.5) is 13.2 Å². The molecule has 0 amide bonds. The number of hydrogen-bond donors (Lipinski definition) is 1. The lowest BCUT2D eigenvalue weighted by Gasteiger charge is -2.23. The molecule has 0 atom stereocenters. The van der Waals surface area contributed by atoms with Gasteiger partial charge in [0, 0.05) is 0 Å².